The summed E-state index contributed by atoms with van der Waals surface area (Å²) >= 11 is 5.95. The second-order valence-electron chi connectivity index (χ2n) is 10.5. The van der Waals surface area contributed by atoms with Crippen molar-refractivity contribution in [2.45, 2.75) is 44.9 Å². The number of aryl methyl sites for hydroxylation is 1. The van der Waals surface area contributed by atoms with Crippen molar-refractivity contribution >= 4 is 17.5 Å². The number of imidazole rings is 1. The SMILES string of the molecule is O=C(NCc1cccc(CN(Cc2nc(-c3cccc(F)c3)c[nH]2)C2CCCc3cccnc32)c1)c1ccnc(Cl)c1. The summed E-state index contributed by atoms with van der Waals surface area (Å²) in [6.07, 6.45) is 8.31. The van der Waals surface area contributed by atoms with Crippen LogP contribution in [0.4, 0.5) is 4.39 Å². The maximum absolute atomic E-state index is 13.8. The number of fused-ring (bicyclic) bond motifs is 1. The molecule has 9 heteroatoms. The third kappa shape index (κ3) is 6.56. The molecule has 1 aliphatic rings. The van der Waals surface area contributed by atoms with Gasteiger partial charge in [0.1, 0.15) is 16.8 Å². The van der Waals surface area contributed by atoms with Gasteiger partial charge in [-0.25, -0.2) is 14.4 Å². The summed E-state index contributed by atoms with van der Waals surface area (Å²) < 4.78 is 13.8. The minimum Gasteiger partial charge on any atom is -0.348 e. The Morgan fingerprint density at radius 1 is 1.00 bits per heavy atom. The highest BCUT2D eigenvalue weighted by Gasteiger charge is 2.28. The molecule has 5 aromatic rings. The lowest BCUT2D eigenvalue weighted by atomic mass is 9.90. The molecule has 1 amide bonds. The van der Waals surface area contributed by atoms with Gasteiger partial charge in [0.15, 0.2) is 0 Å². The Morgan fingerprint density at radius 2 is 1.88 bits per heavy atom. The summed E-state index contributed by atoms with van der Waals surface area (Å²) in [5.74, 6) is 0.309. The normalized spacial score (nSPS) is 14.5. The molecule has 0 bridgehead atoms. The van der Waals surface area contributed by atoms with Gasteiger partial charge in [-0.15, -0.1) is 0 Å². The molecule has 3 heterocycles. The molecule has 0 spiro atoms. The fraction of sp³-hybridized carbons (Fsp3) is 0.212. The van der Waals surface area contributed by atoms with Gasteiger partial charge in [-0.3, -0.25) is 14.7 Å². The molecule has 3 aromatic heterocycles. The molecule has 1 aliphatic carbocycles. The summed E-state index contributed by atoms with van der Waals surface area (Å²) in [5, 5.41) is 3.25. The van der Waals surface area contributed by atoms with Gasteiger partial charge in [0, 0.05) is 42.8 Å². The quantitative estimate of drug-likeness (QED) is 0.190. The van der Waals surface area contributed by atoms with Gasteiger partial charge in [-0.1, -0.05) is 54.1 Å². The lowest BCUT2D eigenvalue weighted by Gasteiger charge is -2.34. The van der Waals surface area contributed by atoms with Crippen molar-refractivity contribution < 1.29 is 9.18 Å². The Balaban J connectivity index is 1.23. The summed E-state index contributed by atoms with van der Waals surface area (Å²) in [6.45, 7) is 1.62. The minimum atomic E-state index is -0.288. The second kappa shape index (κ2) is 12.6. The molecule has 2 aromatic carbocycles. The van der Waals surface area contributed by atoms with Crippen molar-refractivity contribution in [3.63, 3.8) is 0 Å². The third-order valence-electron chi connectivity index (χ3n) is 7.53. The van der Waals surface area contributed by atoms with E-state index >= 15 is 0 Å². The van der Waals surface area contributed by atoms with Gasteiger partial charge in [-0.2, -0.15) is 0 Å². The van der Waals surface area contributed by atoms with Gasteiger partial charge < -0.3 is 10.3 Å². The van der Waals surface area contributed by atoms with Crippen LogP contribution in [0, 0.1) is 5.82 Å². The molecule has 0 saturated carbocycles. The summed E-state index contributed by atoms with van der Waals surface area (Å²) in [6, 6.07) is 22.2. The van der Waals surface area contributed by atoms with Crippen LogP contribution in [0.1, 0.15) is 57.5 Å². The lowest BCUT2D eigenvalue weighted by molar-refractivity contribution is 0.0950. The highest BCUT2D eigenvalue weighted by atomic mass is 35.5. The van der Waals surface area contributed by atoms with E-state index in [1.807, 2.05) is 36.7 Å². The van der Waals surface area contributed by atoms with Crippen molar-refractivity contribution in [3.8, 4) is 11.3 Å². The number of aromatic amines is 1. The van der Waals surface area contributed by atoms with E-state index in [1.54, 1.807) is 18.2 Å². The van der Waals surface area contributed by atoms with E-state index in [2.05, 4.69) is 38.4 Å². The van der Waals surface area contributed by atoms with Crippen molar-refractivity contribution in [2.75, 3.05) is 0 Å². The number of aromatic nitrogens is 4. The number of hydrogen-bond acceptors (Lipinski definition) is 5. The van der Waals surface area contributed by atoms with Crippen LogP contribution in [-0.4, -0.2) is 30.7 Å². The lowest BCUT2D eigenvalue weighted by Crippen LogP contribution is -2.32. The Bertz CT molecular complexity index is 1710. The number of carbonyl (C=O) groups is 1. The first-order chi connectivity index (χ1) is 20.5. The van der Waals surface area contributed by atoms with Crippen LogP contribution < -0.4 is 5.32 Å². The molecule has 212 valence electrons. The van der Waals surface area contributed by atoms with Gasteiger partial charge in [0.25, 0.3) is 5.91 Å². The van der Waals surface area contributed by atoms with Crippen molar-refractivity contribution in [1.82, 2.24) is 30.2 Å². The van der Waals surface area contributed by atoms with Crippen LogP contribution in [-0.2, 0) is 26.1 Å². The molecular weight excluding hydrogens is 551 g/mol. The molecule has 6 rings (SSSR count). The number of rotatable bonds is 9. The van der Waals surface area contributed by atoms with Gasteiger partial charge in [0.2, 0.25) is 0 Å². The van der Waals surface area contributed by atoms with Gasteiger partial charge in [-0.05, 0) is 66.3 Å². The number of amides is 1. The van der Waals surface area contributed by atoms with E-state index in [0.717, 1.165) is 47.5 Å². The molecule has 1 atom stereocenters. The minimum absolute atomic E-state index is 0.123. The molecular formula is C33H30ClFN6O. The van der Waals surface area contributed by atoms with E-state index in [0.29, 0.717) is 30.9 Å². The Morgan fingerprint density at radius 3 is 2.76 bits per heavy atom. The highest BCUT2D eigenvalue weighted by molar-refractivity contribution is 6.29. The number of halogens is 2. The zero-order chi connectivity index (χ0) is 28.9. The Kier molecular flexibility index (Phi) is 8.35. The Hall–Kier alpha value is -4.40. The predicted octanol–water partition coefficient (Wildman–Crippen LogP) is 6.67. The molecule has 0 aliphatic heterocycles. The Labute approximate surface area is 248 Å². The molecule has 42 heavy (non-hydrogen) atoms. The second-order valence-corrected chi connectivity index (χ2v) is 10.9. The smallest absolute Gasteiger partial charge is 0.251 e. The van der Waals surface area contributed by atoms with E-state index in [1.165, 1.54) is 23.9 Å². The maximum Gasteiger partial charge on any atom is 0.251 e. The van der Waals surface area contributed by atoms with Gasteiger partial charge in [0.05, 0.1) is 24.0 Å². The number of benzene rings is 2. The zero-order valence-electron chi connectivity index (χ0n) is 22.9. The van der Waals surface area contributed by atoms with Gasteiger partial charge >= 0.3 is 0 Å². The zero-order valence-corrected chi connectivity index (χ0v) is 23.7. The van der Waals surface area contributed by atoms with E-state index in [9.17, 15) is 9.18 Å². The van der Waals surface area contributed by atoms with Crippen LogP contribution in [0.25, 0.3) is 11.3 Å². The first kappa shape index (κ1) is 27.8. The maximum atomic E-state index is 13.8. The first-order valence-electron chi connectivity index (χ1n) is 14.0. The molecule has 2 N–H and O–H groups in total. The molecule has 1 unspecified atom stereocenters. The van der Waals surface area contributed by atoms with E-state index in [4.69, 9.17) is 21.6 Å². The number of nitrogens with zero attached hydrogens (tertiary/aromatic N) is 4. The van der Waals surface area contributed by atoms with Crippen molar-refractivity contribution in [1.29, 1.82) is 0 Å². The third-order valence-corrected chi connectivity index (χ3v) is 7.74. The predicted molar refractivity (Wildman–Crippen MR) is 160 cm³/mol. The van der Waals surface area contributed by atoms with Crippen molar-refractivity contribution in [2.24, 2.45) is 0 Å². The number of hydrogen-bond donors (Lipinski definition) is 2. The largest absolute Gasteiger partial charge is 0.348 e. The van der Waals surface area contributed by atoms with Crippen LogP contribution in [0.2, 0.25) is 5.15 Å². The first-order valence-corrected chi connectivity index (χ1v) is 14.4. The average molecular weight is 581 g/mol. The standard InChI is InChI=1S/C33H30ClFN6O/c34-30-17-26(12-14-36-30)33(42)39-18-22-5-1-6-23(15-22)20-41(29-11-3-7-24-9-4-13-37-32(24)29)21-31-38-19-28(40-31)25-8-2-10-27(35)16-25/h1-2,4-6,8-10,12-17,19,29H,3,7,11,18,20-21H2,(H,38,40)(H,39,42). The topological polar surface area (TPSA) is 86.8 Å². The number of nitrogens with one attached hydrogen (secondary N) is 2. The summed E-state index contributed by atoms with van der Waals surface area (Å²) in [4.78, 5) is 31.9. The monoisotopic (exact) mass is 580 g/mol. The summed E-state index contributed by atoms with van der Waals surface area (Å²) in [5.41, 5.74) is 6.42. The van der Waals surface area contributed by atoms with E-state index < -0.39 is 0 Å². The van der Waals surface area contributed by atoms with E-state index in [-0.39, 0.29) is 22.9 Å². The fourth-order valence-corrected chi connectivity index (χ4v) is 5.72. The van der Waals surface area contributed by atoms with Crippen LogP contribution in [0.3, 0.4) is 0 Å². The average Bonchev–Trinajstić information content (AvgIpc) is 3.48. The number of carbonyl (C=O) groups excluding carboxylic acids is 1. The number of pyridine rings is 2. The van der Waals surface area contributed by atoms with Crippen LogP contribution >= 0.6 is 11.6 Å². The molecule has 0 radical (unpaired) electrons. The molecule has 7 nitrogen and oxygen atoms in total. The van der Waals surface area contributed by atoms with Crippen LogP contribution in [0.5, 0.6) is 0 Å². The number of H-pyrrole nitrogens is 1. The van der Waals surface area contributed by atoms with Crippen molar-refractivity contribution in [3.05, 3.63) is 136 Å². The summed E-state index contributed by atoms with van der Waals surface area (Å²) in [7, 11) is 0. The molecule has 0 fully saturated rings. The molecule has 0 saturated heterocycles. The highest BCUT2D eigenvalue weighted by Crippen LogP contribution is 2.35. The van der Waals surface area contributed by atoms with Crippen LogP contribution in [0.15, 0.2) is 91.4 Å². The fourth-order valence-electron chi connectivity index (χ4n) is 5.55.